The van der Waals surface area contributed by atoms with Crippen LogP contribution < -0.4 is 5.32 Å². The Morgan fingerprint density at radius 2 is 1.75 bits per heavy atom. The van der Waals surface area contributed by atoms with Gasteiger partial charge in [0.25, 0.3) is 0 Å². The molecular weight excluding hydrogens is 298 g/mol. The van der Waals surface area contributed by atoms with E-state index in [1.54, 1.807) is 0 Å². The topological polar surface area (TPSA) is 49.3 Å². The van der Waals surface area contributed by atoms with Crippen LogP contribution in [0, 0.1) is 0 Å². The third kappa shape index (κ3) is 5.67. The maximum Gasteiger partial charge on any atom is 0.321 e. The molecule has 2 N–H and O–H groups in total. The number of carboxylic acid groups (broad SMARTS) is 1. The molecule has 0 amide bonds. The molecule has 24 heavy (non-hydrogen) atoms. The average molecular weight is 323 g/mol. The van der Waals surface area contributed by atoms with Gasteiger partial charge in [0.05, 0.1) is 0 Å². The van der Waals surface area contributed by atoms with E-state index in [1.807, 2.05) is 56.3 Å². The molecule has 0 aliphatic rings. The van der Waals surface area contributed by atoms with Crippen LogP contribution in [0.15, 0.2) is 54.6 Å². The molecular formula is C21H25NO2. The lowest BCUT2D eigenvalue weighted by molar-refractivity contribution is -0.139. The lowest BCUT2D eigenvalue weighted by atomic mass is 10.0. The molecule has 3 heteroatoms. The summed E-state index contributed by atoms with van der Waals surface area (Å²) in [5.41, 5.74) is 3.24. The Bertz CT molecular complexity index is 679. The first kappa shape index (κ1) is 18.0. The van der Waals surface area contributed by atoms with E-state index < -0.39 is 12.0 Å². The van der Waals surface area contributed by atoms with Crippen molar-refractivity contribution in [3.63, 3.8) is 0 Å². The van der Waals surface area contributed by atoms with Crippen LogP contribution >= 0.6 is 0 Å². The SMILES string of the molecule is CCC(C)NC(Cc1cccc(/C=C/c2ccccc2)c1)C(=O)O. The van der Waals surface area contributed by atoms with Crippen LogP contribution in [0.25, 0.3) is 12.2 Å². The molecule has 126 valence electrons. The van der Waals surface area contributed by atoms with Crippen LogP contribution in [0.1, 0.15) is 37.0 Å². The second-order valence-electron chi connectivity index (χ2n) is 6.06. The summed E-state index contributed by atoms with van der Waals surface area (Å²) in [6, 6.07) is 17.8. The molecule has 0 heterocycles. The Morgan fingerprint density at radius 3 is 2.42 bits per heavy atom. The van der Waals surface area contributed by atoms with Crippen molar-refractivity contribution in [2.75, 3.05) is 0 Å². The van der Waals surface area contributed by atoms with Gasteiger partial charge in [-0.25, -0.2) is 0 Å². The number of benzene rings is 2. The highest BCUT2D eigenvalue weighted by Crippen LogP contribution is 2.12. The molecule has 2 aromatic carbocycles. The van der Waals surface area contributed by atoms with Crippen molar-refractivity contribution in [2.45, 2.75) is 38.8 Å². The van der Waals surface area contributed by atoms with Crippen LogP contribution in [0.5, 0.6) is 0 Å². The fraction of sp³-hybridized carbons (Fsp3) is 0.286. The average Bonchev–Trinajstić information content (AvgIpc) is 2.60. The molecule has 0 saturated carbocycles. The Balaban J connectivity index is 2.08. The number of hydrogen-bond donors (Lipinski definition) is 2. The van der Waals surface area contributed by atoms with Crippen molar-refractivity contribution in [2.24, 2.45) is 0 Å². The Hall–Kier alpha value is -2.39. The molecule has 2 aromatic rings. The quantitative estimate of drug-likeness (QED) is 0.714. The minimum atomic E-state index is -0.805. The molecule has 0 saturated heterocycles. The first-order valence-corrected chi connectivity index (χ1v) is 8.39. The van der Waals surface area contributed by atoms with E-state index in [0.29, 0.717) is 6.42 Å². The fourth-order valence-corrected chi connectivity index (χ4v) is 2.49. The summed E-state index contributed by atoms with van der Waals surface area (Å²) >= 11 is 0. The summed E-state index contributed by atoms with van der Waals surface area (Å²) in [4.78, 5) is 11.5. The van der Waals surface area contributed by atoms with E-state index in [4.69, 9.17) is 0 Å². The minimum Gasteiger partial charge on any atom is -0.480 e. The van der Waals surface area contributed by atoms with E-state index in [-0.39, 0.29) is 6.04 Å². The zero-order valence-electron chi connectivity index (χ0n) is 14.3. The van der Waals surface area contributed by atoms with Gasteiger partial charge in [-0.2, -0.15) is 0 Å². The zero-order valence-corrected chi connectivity index (χ0v) is 14.3. The number of nitrogens with one attached hydrogen (secondary N) is 1. The van der Waals surface area contributed by atoms with Crippen molar-refractivity contribution < 1.29 is 9.90 Å². The highest BCUT2D eigenvalue weighted by Gasteiger charge is 2.19. The number of hydrogen-bond acceptors (Lipinski definition) is 2. The molecule has 0 bridgehead atoms. The Kier molecular flexibility index (Phi) is 6.76. The zero-order chi connectivity index (χ0) is 17.4. The van der Waals surface area contributed by atoms with E-state index in [9.17, 15) is 9.90 Å². The van der Waals surface area contributed by atoms with E-state index in [0.717, 1.165) is 23.1 Å². The first-order valence-electron chi connectivity index (χ1n) is 8.39. The fourth-order valence-electron chi connectivity index (χ4n) is 2.49. The van der Waals surface area contributed by atoms with Crippen molar-refractivity contribution in [1.29, 1.82) is 0 Å². The van der Waals surface area contributed by atoms with E-state index >= 15 is 0 Å². The predicted octanol–water partition coefficient (Wildman–Crippen LogP) is 4.24. The maximum absolute atomic E-state index is 11.5. The van der Waals surface area contributed by atoms with Crippen LogP contribution in [0.3, 0.4) is 0 Å². The van der Waals surface area contributed by atoms with Gasteiger partial charge < -0.3 is 10.4 Å². The molecule has 2 unspecified atom stereocenters. The molecule has 0 spiro atoms. The van der Waals surface area contributed by atoms with Crippen LogP contribution in [0.2, 0.25) is 0 Å². The van der Waals surface area contributed by atoms with Crippen molar-refractivity contribution in [3.8, 4) is 0 Å². The highest BCUT2D eigenvalue weighted by atomic mass is 16.4. The predicted molar refractivity (Wildman–Crippen MR) is 99.8 cm³/mol. The van der Waals surface area contributed by atoms with Gasteiger partial charge in [0.2, 0.25) is 0 Å². The van der Waals surface area contributed by atoms with Crippen molar-refractivity contribution in [3.05, 3.63) is 71.3 Å². The van der Waals surface area contributed by atoms with Gasteiger partial charge in [0.15, 0.2) is 0 Å². The summed E-state index contributed by atoms with van der Waals surface area (Å²) in [5, 5.41) is 12.6. The first-order chi connectivity index (χ1) is 11.6. The maximum atomic E-state index is 11.5. The molecule has 2 atom stereocenters. The second kappa shape index (κ2) is 9.04. The van der Waals surface area contributed by atoms with Crippen LogP contribution in [0.4, 0.5) is 0 Å². The van der Waals surface area contributed by atoms with E-state index in [1.165, 1.54) is 0 Å². The van der Waals surface area contributed by atoms with Gasteiger partial charge in [-0.15, -0.1) is 0 Å². The molecule has 0 radical (unpaired) electrons. The van der Waals surface area contributed by atoms with Crippen LogP contribution in [-0.2, 0) is 11.2 Å². The summed E-state index contributed by atoms with van der Waals surface area (Å²) < 4.78 is 0. The third-order valence-electron chi connectivity index (χ3n) is 4.05. The van der Waals surface area contributed by atoms with Gasteiger partial charge in [-0.3, -0.25) is 4.79 Å². The molecule has 0 aliphatic heterocycles. The number of carboxylic acids is 1. The van der Waals surface area contributed by atoms with Gasteiger partial charge >= 0.3 is 5.97 Å². The van der Waals surface area contributed by atoms with Crippen molar-refractivity contribution in [1.82, 2.24) is 5.32 Å². The number of rotatable bonds is 8. The van der Waals surface area contributed by atoms with Gasteiger partial charge in [-0.05, 0) is 36.5 Å². The molecule has 2 rings (SSSR count). The lowest BCUT2D eigenvalue weighted by Crippen LogP contribution is -2.43. The molecule has 0 aromatic heterocycles. The second-order valence-corrected chi connectivity index (χ2v) is 6.06. The monoisotopic (exact) mass is 323 g/mol. The minimum absolute atomic E-state index is 0.187. The van der Waals surface area contributed by atoms with Gasteiger partial charge in [-0.1, -0.05) is 73.7 Å². The van der Waals surface area contributed by atoms with Gasteiger partial charge in [0, 0.05) is 6.04 Å². The molecule has 3 nitrogen and oxygen atoms in total. The Labute approximate surface area is 144 Å². The summed E-state index contributed by atoms with van der Waals surface area (Å²) in [6.07, 6.45) is 5.50. The Morgan fingerprint density at radius 1 is 1.08 bits per heavy atom. The van der Waals surface area contributed by atoms with Gasteiger partial charge in [0.1, 0.15) is 6.04 Å². The van der Waals surface area contributed by atoms with Crippen molar-refractivity contribution >= 4 is 18.1 Å². The highest BCUT2D eigenvalue weighted by molar-refractivity contribution is 5.74. The lowest BCUT2D eigenvalue weighted by Gasteiger charge is -2.19. The number of carbonyl (C=O) groups is 1. The standard InChI is InChI=1S/C21H25NO2/c1-3-16(2)22-20(21(23)24)15-19-11-7-10-18(14-19)13-12-17-8-5-4-6-9-17/h4-14,16,20,22H,3,15H2,1-2H3,(H,23,24)/b13-12+. The smallest absolute Gasteiger partial charge is 0.321 e. The normalized spacial score (nSPS) is 13.8. The van der Waals surface area contributed by atoms with Crippen LogP contribution in [-0.4, -0.2) is 23.2 Å². The third-order valence-corrected chi connectivity index (χ3v) is 4.05. The number of aliphatic carboxylic acids is 1. The largest absolute Gasteiger partial charge is 0.480 e. The molecule has 0 aliphatic carbocycles. The summed E-state index contributed by atoms with van der Waals surface area (Å²) in [7, 11) is 0. The van der Waals surface area contributed by atoms with E-state index in [2.05, 4.69) is 29.6 Å². The summed E-state index contributed by atoms with van der Waals surface area (Å²) in [5.74, 6) is -0.805. The molecule has 0 fully saturated rings. The summed E-state index contributed by atoms with van der Waals surface area (Å²) in [6.45, 7) is 4.06.